The molecule has 7 nitrogen and oxygen atoms in total. The SMILES string of the molecule is CCN1CCN(CCC(=O)OCC(N)C(=O)NC)CC1. The zero-order chi connectivity index (χ0) is 15.0. The maximum atomic E-state index is 11.6. The molecule has 1 aliphatic heterocycles. The molecule has 1 amide bonds. The van der Waals surface area contributed by atoms with Crippen LogP contribution in [0.4, 0.5) is 0 Å². The summed E-state index contributed by atoms with van der Waals surface area (Å²) in [7, 11) is 1.50. The largest absolute Gasteiger partial charge is 0.463 e. The fourth-order valence-corrected chi connectivity index (χ4v) is 2.09. The number of amides is 1. The second-order valence-electron chi connectivity index (χ2n) is 4.93. The van der Waals surface area contributed by atoms with Crippen molar-refractivity contribution in [3.63, 3.8) is 0 Å². The Morgan fingerprint density at radius 2 is 1.85 bits per heavy atom. The van der Waals surface area contributed by atoms with Crippen LogP contribution >= 0.6 is 0 Å². The fraction of sp³-hybridized carbons (Fsp3) is 0.846. The van der Waals surface area contributed by atoms with E-state index in [-0.39, 0.29) is 18.5 Å². The summed E-state index contributed by atoms with van der Waals surface area (Å²) in [5, 5.41) is 2.41. The van der Waals surface area contributed by atoms with Crippen molar-refractivity contribution in [2.45, 2.75) is 19.4 Å². The molecule has 0 saturated carbocycles. The molecule has 1 saturated heterocycles. The molecular weight excluding hydrogens is 260 g/mol. The van der Waals surface area contributed by atoms with Gasteiger partial charge in [0.15, 0.2) is 0 Å². The number of nitrogens with one attached hydrogen (secondary N) is 1. The van der Waals surface area contributed by atoms with Gasteiger partial charge < -0.3 is 25.6 Å². The van der Waals surface area contributed by atoms with Gasteiger partial charge in [0, 0.05) is 39.8 Å². The zero-order valence-electron chi connectivity index (χ0n) is 12.4. The number of hydrogen-bond acceptors (Lipinski definition) is 6. The molecule has 3 N–H and O–H groups in total. The van der Waals surface area contributed by atoms with Crippen LogP contribution in [0.2, 0.25) is 0 Å². The van der Waals surface area contributed by atoms with E-state index in [4.69, 9.17) is 10.5 Å². The molecule has 0 radical (unpaired) electrons. The molecule has 0 aromatic heterocycles. The summed E-state index contributed by atoms with van der Waals surface area (Å²) in [6.07, 6.45) is 0.340. The lowest BCUT2D eigenvalue weighted by Gasteiger charge is -2.33. The van der Waals surface area contributed by atoms with Gasteiger partial charge >= 0.3 is 5.97 Å². The van der Waals surface area contributed by atoms with E-state index in [0.717, 1.165) is 32.7 Å². The van der Waals surface area contributed by atoms with Crippen LogP contribution in [0.1, 0.15) is 13.3 Å². The van der Waals surface area contributed by atoms with Gasteiger partial charge in [0.25, 0.3) is 0 Å². The molecular formula is C13H26N4O3. The standard InChI is InChI=1S/C13H26N4O3/c1-3-16-6-8-17(9-7-16)5-4-12(18)20-10-11(14)13(19)15-2/h11H,3-10,14H2,1-2H3,(H,15,19). The molecule has 116 valence electrons. The van der Waals surface area contributed by atoms with Crippen molar-refractivity contribution in [3.8, 4) is 0 Å². The van der Waals surface area contributed by atoms with E-state index in [1.54, 1.807) is 0 Å². The Bertz CT molecular complexity index is 317. The van der Waals surface area contributed by atoms with Gasteiger partial charge in [-0.3, -0.25) is 9.59 Å². The first-order valence-electron chi connectivity index (χ1n) is 7.14. The highest BCUT2D eigenvalue weighted by atomic mass is 16.5. The third kappa shape index (κ3) is 5.85. The van der Waals surface area contributed by atoms with Crippen LogP contribution in [0.25, 0.3) is 0 Å². The first kappa shape index (κ1) is 16.9. The molecule has 0 spiro atoms. The number of ether oxygens (including phenoxy) is 1. The van der Waals surface area contributed by atoms with Crippen molar-refractivity contribution in [3.05, 3.63) is 0 Å². The van der Waals surface area contributed by atoms with E-state index in [9.17, 15) is 9.59 Å². The summed E-state index contributed by atoms with van der Waals surface area (Å²) in [6.45, 7) is 7.93. The van der Waals surface area contributed by atoms with Crippen LogP contribution in [-0.2, 0) is 14.3 Å². The molecule has 1 aliphatic rings. The van der Waals surface area contributed by atoms with Gasteiger partial charge in [0.2, 0.25) is 5.91 Å². The van der Waals surface area contributed by atoms with Gasteiger partial charge in [-0.2, -0.15) is 0 Å². The molecule has 0 aromatic rings. The van der Waals surface area contributed by atoms with Crippen LogP contribution in [0.15, 0.2) is 0 Å². The van der Waals surface area contributed by atoms with Gasteiger partial charge in [-0.25, -0.2) is 0 Å². The summed E-state index contributed by atoms with van der Waals surface area (Å²) in [5.74, 6) is -0.629. The molecule has 1 heterocycles. The van der Waals surface area contributed by atoms with Gasteiger partial charge in [0.1, 0.15) is 12.6 Å². The normalized spacial score (nSPS) is 18.6. The van der Waals surface area contributed by atoms with Gasteiger partial charge in [-0.05, 0) is 6.54 Å². The minimum Gasteiger partial charge on any atom is -0.463 e. The lowest BCUT2D eigenvalue weighted by atomic mass is 10.3. The topological polar surface area (TPSA) is 87.9 Å². The van der Waals surface area contributed by atoms with E-state index in [1.165, 1.54) is 7.05 Å². The predicted molar refractivity (Wildman–Crippen MR) is 76.2 cm³/mol. The van der Waals surface area contributed by atoms with Crippen molar-refractivity contribution < 1.29 is 14.3 Å². The minimum atomic E-state index is -0.794. The first-order chi connectivity index (χ1) is 9.56. The Morgan fingerprint density at radius 1 is 1.25 bits per heavy atom. The molecule has 7 heteroatoms. The number of esters is 1. The number of hydrogen-bond donors (Lipinski definition) is 2. The van der Waals surface area contributed by atoms with Crippen LogP contribution in [0.5, 0.6) is 0 Å². The van der Waals surface area contributed by atoms with Crippen molar-refractivity contribution in [1.29, 1.82) is 0 Å². The average Bonchev–Trinajstić information content (AvgIpc) is 2.50. The van der Waals surface area contributed by atoms with Crippen molar-refractivity contribution in [1.82, 2.24) is 15.1 Å². The van der Waals surface area contributed by atoms with Crippen molar-refractivity contribution >= 4 is 11.9 Å². The predicted octanol–water partition coefficient (Wildman–Crippen LogP) is -1.37. The number of nitrogens with two attached hydrogens (primary N) is 1. The molecule has 1 rings (SSSR count). The molecule has 0 bridgehead atoms. The summed E-state index contributed by atoms with van der Waals surface area (Å²) < 4.78 is 5.00. The summed E-state index contributed by atoms with van der Waals surface area (Å²) >= 11 is 0. The third-order valence-corrected chi connectivity index (χ3v) is 3.55. The average molecular weight is 286 g/mol. The Labute approximate surface area is 120 Å². The van der Waals surface area contributed by atoms with Crippen LogP contribution in [0, 0.1) is 0 Å². The van der Waals surface area contributed by atoms with Crippen molar-refractivity contribution in [2.24, 2.45) is 5.73 Å². The highest BCUT2D eigenvalue weighted by Crippen LogP contribution is 2.02. The number of carbonyl (C=O) groups is 2. The Kier molecular flexibility index (Phi) is 7.50. The lowest BCUT2D eigenvalue weighted by molar-refractivity contribution is -0.145. The number of nitrogens with zero attached hydrogens (tertiary/aromatic N) is 2. The van der Waals surface area contributed by atoms with Gasteiger partial charge in [-0.1, -0.05) is 6.92 Å². The summed E-state index contributed by atoms with van der Waals surface area (Å²) in [5.41, 5.74) is 5.54. The fourth-order valence-electron chi connectivity index (χ4n) is 2.09. The van der Waals surface area contributed by atoms with Crippen LogP contribution in [-0.4, -0.2) is 80.6 Å². The van der Waals surface area contributed by atoms with E-state index < -0.39 is 6.04 Å². The monoisotopic (exact) mass is 286 g/mol. The third-order valence-electron chi connectivity index (χ3n) is 3.55. The molecule has 20 heavy (non-hydrogen) atoms. The Morgan fingerprint density at radius 3 is 2.40 bits per heavy atom. The lowest BCUT2D eigenvalue weighted by Crippen LogP contribution is -2.46. The number of rotatable bonds is 7. The second kappa shape index (κ2) is 8.89. The number of carbonyl (C=O) groups excluding carboxylic acids is 2. The molecule has 0 aliphatic carbocycles. The van der Waals surface area contributed by atoms with E-state index in [0.29, 0.717) is 13.0 Å². The van der Waals surface area contributed by atoms with E-state index in [1.807, 2.05) is 0 Å². The van der Waals surface area contributed by atoms with E-state index >= 15 is 0 Å². The van der Waals surface area contributed by atoms with E-state index in [2.05, 4.69) is 22.0 Å². The Hall–Kier alpha value is -1.18. The maximum absolute atomic E-state index is 11.6. The quantitative estimate of drug-likeness (QED) is 0.562. The maximum Gasteiger partial charge on any atom is 0.307 e. The second-order valence-corrected chi connectivity index (χ2v) is 4.93. The number of likely N-dealkylation sites (N-methyl/N-ethyl adjacent to an activating group) is 2. The number of piperazine rings is 1. The first-order valence-corrected chi connectivity index (χ1v) is 7.14. The highest BCUT2D eigenvalue weighted by Gasteiger charge is 2.18. The van der Waals surface area contributed by atoms with Crippen LogP contribution in [0.3, 0.4) is 0 Å². The zero-order valence-corrected chi connectivity index (χ0v) is 12.4. The molecule has 0 aromatic carbocycles. The molecule has 1 fully saturated rings. The highest BCUT2D eigenvalue weighted by molar-refractivity contribution is 5.81. The Balaban J connectivity index is 2.13. The smallest absolute Gasteiger partial charge is 0.307 e. The molecule has 1 unspecified atom stereocenters. The molecule has 1 atom stereocenters. The van der Waals surface area contributed by atoms with Gasteiger partial charge in [-0.15, -0.1) is 0 Å². The minimum absolute atomic E-state index is 0.0673. The summed E-state index contributed by atoms with van der Waals surface area (Å²) in [6, 6.07) is -0.794. The van der Waals surface area contributed by atoms with Gasteiger partial charge in [0.05, 0.1) is 6.42 Å². The van der Waals surface area contributed by atoms with Crippen LogP contribution < -0.4 is 11.1 Å². The van der Waals surface area contributed by atoms with Crippen molar-refractivity contribution in [2.75, 3.05) is 52.9 Å². The summed E-state index contributed by atoms with van der Waals surface area (Å²) in [4.78, 5) is 27.4.